The number of esters is 1. The molecule has 0 atom stereocenters. The van der Waals surface area contributed by atoms with E-state index in [0.29, 0.717) is 63.4 Å². The number of ether oxygens (including phenoxy) is 1. The number of anilines is 2. The van der Waals surface area contributed by atoms with Crippen LogP contribution in [0.3, 0.4) is 0 Å². The van der Waals surface area contributed by atoms with Crippen molar-refractivity contribution in [3.05, 3.63) is 70.0 Å². The number of nitrogens with two attached hydrogens (primary N) is 2. The van der Waals surface area contributed by atoms with Gasteiger partial charge in [-0.25, -0.2) is 19.9 Å². The number of nitrogens with zero attached hydrogens (tertiary/aromatic N) is 6. The van der Waals surface area contributed by atoms with E-state index >= 15 is 0 Å². The number of aromatic carboxylic acids is 1. The van der Waals surface area contributed by atoms with E-state index in [-0.39, 0.29) is 25.3 Å². The first-order valence-electron chi connectivity index (χ1n) is 17.7. The normalized spacial score (nSPS) is 16.4. The van der Waals surface area contributed by atoms with Gasteiger partial charge in [-0.3, -0.25) is 9.97 Å². The summed E-state index contributed by atoms with van der Waals surface area (Å²) in [6.45, 7) is 13.1. The van der Waals surface area contributed by atoms with Crippen LogP contribution >= 0.6 is 0 Å². The lowest BCUT2D eigenvalue weighted by Gasteiger charge is -2.26. The molecule has 0 aliphatic carbocycles. The van der Waals surface area contributed by atoms with E-state index in [2.05, 4.69) is 9.97 Å². The van der Waals surface area contributed by atoms with E-state index in [1.54, 1.807) is 13.1 Å². The van der Waals surface area contributed by atoms with E-state index in [9.17, 15) is 31.5 Å². The van der Waals surface area contributed by atoms with Crippen LogP contribution in [-0.2, 0) is 25.2 Å². The maximum absolute atomic E-state index is 12.6. The van der Waals surface area contributed by atoms with Crippen molar-refractivity contribution >= 4 is 65.5 Å². The van der Waals surface area contributed by atoms with Crippen molar-refractivity contribution < 1.29 is 36.3 Å². The average molecular weight is 785 g/mol. The van der Waals surface area contributed by atoms with Gasteiger partial charge in [0.05, 0.1) is 29.0 Å². The summed E-state index contributed by atoms with van der Waals surface area (Å²) >= 11 is 0. The summed E-state index contributed by atoms with van der Waals surface area (Å²) in [5.41, 5.74) is 7.68. The van der Waals surface area contributed by atoms with Gasteiger partial charge >= 0.3 is 11.9 Å². The largest absolute Gasteiger partial charge is 0.478 e. The number of aromatic nitrogens is 2. The smallest absolute Gasteiger partial charge is 0.341 e. The molecule has 2 saturated heterocycles. The van der Waals surface area contributed by atoms with Crippen LogP contribution < -0.4 is 20.1 Å². The Labute approximate surface area is 316 Å². The highest BCUT2D eigenvalue weighted by molar-refractivity contribution is 7.87. The van der Waals surface area contributed by atoms with Crippen LogP contribution in [0, 0.1) is 27.7 Å². The number of pyridine rings is 2. The molecule has 0 radical (unpaired) electrons. The van der Waals surface area contributed by atoms with E-state index in [0.717, 1.165) is 49.7 Å². The molecular weight excluding hydrogens is 737 g/mol. The lowest BCUT2D eigenvalue weighted by atomic mass is 10.0. The summed E-state index contributed by atoms with van der Waals surface area (Å²) in [6, 6.07) is 7.91. The van der Waals surface area contributed by atoms with Gasteiger partial charge in [-0.15, -0.1) is 0 Å². The first-order valence-corrected chi connectivity index (χ1v) is 20.7. The van der Waals surface area contributed by atoms with Gasteiger partial charge in [0.25, 0.3) is 20.4 Å². The fraction of sp³-hybridized carbons (Fsp3) is 0.444. The standard InChI is InChI=1S/C19H26N4O4S.C17H22N4O4S/c1-4-27-19(24)16-12-21-17-11-14(3)13(2)10-15(17)18(16)22-6-5-7-23(9-8-22)28(20,25)26;1-11-8-13-15(9-12(11)2)19-10-14(17(22)23)16(13)20-4-3-5-21(7-6-20)26(18,24)25/h10-12H,4-9H2,1-3H3,(H2,20,25,26);8-10H,3-7H2,1-2H3,(H,22,23)(H2,18,24,25). The molecule has 0 spiro atoms. The minimum atomic E-state index is -3.76. The Bertz CT molecular complexity index is 2300. The summed E-state index contributed by atoms with van der Waals surface area (Å²) in [4.78, 5) is 37.1. The summed E-state index contributed by atoms with van der Waals surface area (Å²) in [6.07, 6.45) is 4.08. The number of hydrogen-bond acceptors (Lipinski definition) is 11. The van der Waals surface area contributed by atoms with E-state index in [4.69, 9.17) is 15.0 Å². The monoisotopic (exact) mass is 784 g/mol. The SMILES string of the molecule is CCOC(=O)c1cnc2cc(C)c(C)cc2c1N1CCCN(S(N)(=O)=O)CC1.Cc1cc2ncc(C(=O)O)c(N3CCCN(S(N)(=O)=O)CC3)c2cc1C. The van der Waals surface area contributed by atoms with E-state index in [1.807, 2.05) is 61.8 Å². The van der Waals surface area contributed by atoms with Gasteiger partial charge in [-0.05, 0) is 94.0 Å². The summed E-state index contributed by atoms with van der Waals surface area (Å²) < 4.78 is 54.5. The molecule has 2 aromatic heterocycles. The third-order valence-corrected chi connectivity index (χ3v) is 12.1. The second kappa shape index (κ2) is 16.5. The molecule has 2 fully saturated rings. The number of hydrogen-bond donors (Lipinski definition) is 3. The van der Waals surface area contributed by atoms with Crippen molar-refractivity contribution in [2.24, 2.45) is 10.3 Å². The van der Waals surface area contributed by atoms with Crippen molar-refractivity contribution in [3.63, 3.8) is 0 Å². The molecule has 0 unspecified atom stereocenters. The maximum atomic E-state index is 12.6. The van der Waals surface area contributed by atoms with Gasteiger partial charge in [-0.1, -0.05) is 0 Å². The van der Waals surface area contributed by atoms with Crippen molar-refractivity contribution in [2.75, 3.05) is 68.8 Å². The van der Waals surface area contributed by atoms with Crippen LogP contribution in [-0.4, -0.2) is 111 Å². The zero-order valence-corrected chi connectivity index (χ0v) is 32.8. The lowest BCUT2D eigenvalue weighted by Crippen LogP contribution is -2.39. The molecular formula is C36H48N8O8S2. The van der Waals surface area contributed by atoms with Gasteiger partial charge < -0.3 is 19.6 Å². The van der Waals surface area contributed by atoms with Gasteiger partial charge in [-0.2, -0.15) is 25.4 Å². The predicted molar refractivity (Wildman–Crippen MR) is 208 cm³/mol. The fourth-order valence-electron chi connectivity index (χ4n) is 6.82. The van der Waals surface area contributed by atoms with Crippen LogP contribution in [0.15, 0.2) is 36.7 Å². The number of benzene rings is 2. The number of fused-ring (bicyclic) bond motifs is 2. The number of carbonyl (C=O) groups is 2. The van der Waals surface area contributed by atoms with Crippen LogP contribution in [0.2, 0.25) is 0 Å². The molecule has 0 bridgehead atoms. The topological polar surface area (TPSA) is 223 Å². The van der Waals surface area contributed by atoms with Gasteiger partial charge in [0.1, 0.15) is 11.1 Å². The Hall–Kier alpha value is -4.46. The molecule has 5 N–H and O–H groups in total. The van der Waals surface area contributed by atoms with Crippen molar-refractivity contribution in [2.45, 2.75) is 47.5 Å². The average Bonchev–Trinajstić information content (AvgIpc) is 3.51. The number of carboxylic acids is 1. The highest BCUT2D eigenvalue weighted by atomic mass is 32.2. The second-order valence-corrected chi connectivity index (χ2v) is 16.6. The lowest BCUT2D eigenvalue weighted by molar-refractivity contribution is 0.0526. The first kappa shape index (κ1) is 40.7. The molecule has 2 aromatic carbocycles. The van der Waals surface area contributed by atoms with Crippen LogP contribution in [0.1, 0.15) is 62.7 Å². The Kier molecular flexibility index (Phi) is 12.4. The van der Waals surface area contributed by atoms with Gasteiger partial charge in [0, 0.05) is 75.5 Å². The molecule has 16 nitrogen and oxygen atoms in total. The maximum Gasteiger partial charge on any atom is 0.341 e. The zero-order valence-electron chi connectivity index (χ0n) is 31.2. The summed E-state index contributed by atoms with van der Waals surface area (Å²) in [5, 5.41) is 21.8. The Morgan fingerprint density at radius 1 is 0.667 bits per heavy atom. The molecule has 6 rings (SSSR count). The van der Waals surface area contributed by atoms with Gasteiger partial charge in [0.2, 0.25) is 0 Å². The molecule has 0 saturated carbocycles. The number of carbonyl (C=O) groups excluding carboxylic acids is 1. The minimum absolute atomic E-state index is 0.116. The fourth-order valence-corrected chi connectivity index (χ4v) is 8.25. The number of rotatable bonds is 7. The van der Waals surface area contributed by atoms with Crippen molar-refractivity contribution in [1.29, 1.82) is 0 Å². The minimum Gasteiger partial charge on any atom is -0.478 e. The van der Waals surface area contributed by atoms with Crippen LogP contribution in [0.4, 0.5) is 11.4 Å². The number of carboxylic acid groups (broad SMARTS) is 1. The van der Waals surface area contributed by atoms with E-state index < -0.39 is 32.4 Å². The number of aryl methyl sites for hydroxylation is 4. The Morgan fingerprint density at radius 3 is 1.48 bits per heavy atom. The second-order valence-electron chi connectivity index (χ2n) is 13.5. The molecule has 292 valence electrons. The molecule has 18 heteroatoms. The third-order valence-electron chi connectivity index (χ3n) is 9.90. The quantitative estimate of drug-likeness (QED) is 0.230. The summed E-state index contributed by atoms with van der Waals surface area (Å²) in [5.74, 6) is -1.49. The first-order chi connectivity index (χ1) is 25.4. The van der Waals surface area contributed by atoms with Gasteiger partial charge in [0.15, 0.2) is 0 Å². The van der Waals surface area contributed by atoms with Crippen molar-refractivity contribution in [3.8, 4) is 0 Å². The van der Waals surface area contributed by atoms with Crippen LogP contribution in [0.25, 0.3) is 21.8 Å². The summed E-state index contributed by atoms with van der Waals surface area (Å²) in [7, 11) is -7.50. The van der Waals surface area contributed by atoms with Crippen LogP contribution in [0.5, 0.6) is 0 Å². The zero-order chi connectivity index (χ0) is 39.5. The highest BCUT2D eigenvalue weighted by Gasteiger charge is 2.28. The molecule has 0 amide bonds. The molecule has 2 aliphatic rings. The Morgan fingerprint density at radius 2 is 1.07 bits per heavy atom. The highest BCUT2D eigenvalue weighted by Crippen LogP contribution is 2.34. The third kappa shape index (κ3) is 9.07. The van der Waals surface area contributed by atoms with Crippen molar-refractivity contribution in [1.82, 2.24) is 18.6 Å². The van der Waals surface area contributed by atoms with E-state index in [1.165, 1.54) is 14.8 Å². The molecule has 4 aromatic rings. The predicted octanol–water partition coefficient (Wildman–Crippen LogP) is 3.01. The molecule has 54 heavy (non-hydrogen) atoms. The Balaban J connectivity index is 0.000000208. The molecule has 2 aliphatic heterocycles. The molecule has 4 heterocycles.